The lowest BCUT2D eigenvalue weighted by Gasteiger charge is -2.08. The van der Waals surface area contributed by atoms with Gasteiger partial charge in [-0.05, 0) is 39.5 Å². The van der Waals surface area contributed by atoms with E-state index in [4.69, 9.17) is 10.5 Å². The first-order valence-corrected chi connectivity index (χ1v) is 6.68. The number of nitrogens with one attached hydrogen (secondary N) is 1. The topological polar surface area (TPSA) is 59.6 Å². The Labute approximate surface area is 140 Å². The first kappa shape index (κ1) is 18.5. The molecule has 3 N–H and O–H groups in total. The van der Waals surface area contributed by atoms with Crippen LogP contribution in [0.1, 0.15) is 19.4 Å². The first-order valence-electron chi connectivity index (χ1n) is 5.89. The monoisotopic (exact) mass is 441 g/mol. The first-order chi connectivity index (χ1) is 8.52. The predicted octanol–water partition coefficient (Wildman–Crippen LogP) is 3.14. The summed E-state index contributed by atoms with van der Waals surface area (Å²) >= 11 is 3.44. The maximum Gasteiger partial charge on any atom is 0.188 e. The largest absolute Gasteiger partial charge is 0.496 e. The van der Waals surface area contributed by atoms with E-state index in [-0.39, 0.29) is 24.0 Å². The number of halogens is 2. The number of benzene rings is 1. The molecule has 0 bridgehead atoms. The summed E-state index contributed by atoms with van der Waals surface area (Å²) < 4.78 is 6.09. The van der Waals surface area contributed by atoms with Crippen molar-refractivity contribution in [3.8, 4) is 5.75 Å². The molecule has 0 saturated heterocycles. The van der Waals surface area contributed by atoms with Crippen LogP contribution in [0.15, 0.2) is 27.7 Å². The van der Waals surface area contributed by atoms with E-state index >= 15 is 0 Å². The molecule has 0 amide bonds. The van der Waals surface area contributed by atoms with Crippen molar-refractivity contribution in [2.24, 2.45) is 16.6 Å². The highest BCUT2D eigenvalue weighted by Crippen LogP contribution is 2.25. The van der Waals surface area contributed by atoms with Gasteiger partial charge in [-0.1, -0.05) is 19.9 Å². The second kappa shape index (κ2) is 9.41. The van der Waals surface area contributed by atoms with Gasteiger partial charge in [0.2, 0.25) is 0 Å². The van der Waals surface area contributed by atoms with Crippen molar-refractivity contribution in [1.29, 1.82) is 0 Å². The van der Waals surface area contributed by atoms with Crippen LogP contribution in [0.4, 0.5) is 0 Å². The van der Waals surface area contributed by atoms with Crippen molar-refractivity contribution in [2.75, 3.05) is 13.7 Å². The van der Waals surface area contributed by atoms with Crippen molar-refractivity contribution < 1.29 is 4.74 Å². The Balaban J connectivity index is 0.00000324. The van der Waals surface area contributed by atoms with Crippen molar-refractivity contribution in [3.05, 3.63) is 28.2 Å². The fourth-order valence-electron chi connectivity index (χ4n) is 1.35. The Hall–Kier alpha value is -0.500. The summed E-state index contributed by atoms with van der Waals surface area (Å²) in [6.07, 6.45) is 0. The fourth-order valence-corrected chi connectivity index (χ4v) is 1.94. The Kier molecular flexibility index (Phi) is 9.16. The molecule has 0 spiro atoms. The Morgan fingerprint density at radius 2 is 2.16 bits per heavy atom. The van der Waals surface area contributed by atoms with Crippen LogP contribution in [-0.2, 0) is 6.54 Å². The van der Waals surface area contributed by atoms with Crippen LogP contribution < -0.4 is 15.8 Å². The minimum Gasteiger partial charge on any atom is -0.496 e. The highest BCUT2D eigenvalue weighted by atomic mass is 127. The van der Waals surface area contributed by atoms with E-state index in [0.29, 0.717) is 18.4 Å². The van der Waals surface area contributed by atoms with Crippen LogP contribution in [0, 0.1) is 5.92 Å². The molecule has 0 aliphatic carbocycles. The molecular formula is C13H21BrIN3O. The van der Waals surface area contributed by atoms with Crippen LogP contribution in [-0.4, -0.2) is 19.6 Å². The zero-order valence-corrected chi connectivity index (χ0v) is 15.4. The quantitative estimate of drug-likeness (QED) is 0.419. The smallest absolute Gasteiger partial charge is 0.188 e. The highest BCUT2D eigenvalue weighted by Gasteiger charge is 2.01. The van der Waals surface area contributed by atoms with E-state index < -0.39 is 0 Å². The van der Waals surface area contributed by atoms with Crippen molar-refractivity contribution in [1.82, 2.24) is 5.32 Å². The number of guanidine groups is 1. The normalized spacial score (nSPS) is 11.1. The summed E-state index contributed by atoms with van der Waals surface area (Å²) in [5.41, 5.74) is 6.85. The zero-order valence-electron chi connectivity index (χ0n) is 11.4. The molecule has 1 aromatic rings. The summed E-state index contributed by atoms with van der Waals surface area (Å²) in [5, 5.41) is 3.08. The average Bonchev–Trinajstić information content (AvgIpc) is 2.34. The van der Waals surface area contributed by atoms with Gasteiger partial charge in [0.1, 0.15) is 5.75 Å². The van der Waals surface area contributed by atoms with Crippen LogP contribution in [0.2, 0.25) is 0 Å². The number of rotatable bonds is 5. The Morgan fingerprint density at radius 3 is 2.68 bits per heavy atom. The zero-order chi connectivity index (χ0) is 13.5. The fraction of sp³-hybridized carbons (Fsp3) is 0.462. The molecule has 6 heteroatoms. The molecule has 4 nitrogen and oxygen atoms in total. The van der Waals surface area contributed by atoms with Gasteiger partial charge in [0.15, 0.2) is 5.96 Å². The third-order valence-electron chi connectivity index (χ3n) is 2.34. The second-order valence-electron chi connectivity index (χ2n) is 4.45. The van der Waals surface area contributed by atoms with E-state index in [9.17, 15) is 0 Å². The van der Waals surface area contributed by atoms with Crippen molar-refractivity contribution in [3.63, 3.8) is 0 Å². The lowest BCUT2D eigenvalue weighted by Crippen LogP contribution is -2.34. The Morgan fingerprint density at radius 1 is 1.47 bits per heavy atom. The lowest BCUT2D eigenvalue weighted by molar-refractivity contribution is 0.412. The molecule has 0 fully saturated rings. The van der Waals surface area contributed by atoms with Crippen LogP contribution >= 0.6 is 39.9 Å². The van der Waals surface area contributed by atoms with Gasteiger partial charge >= 0.3 is 0 Å². The molecule has 0 saturated carbocycles. The summed E-state index contributed by atoms with van der Waals surface area (Å²) in [5.74, 6) is 1.85. The molecular weight excluding hydrogens is 421 g/mol. The third kappa shape index (κ3) is 7.00. The molecule has 0 aliphatic heterocycles. The summed E-state index contributed by atoms with van der Waals surface area (Å²) in [6, 6.07) is 5.87. The number of methoxy groups -OCH3 is 1. The van der Waals surface area contributed by atoms with Gasteiger partial charge in [-0.25, -0.2) is 4.99 Å². The summed E-state index contributed by atoms with van der Waals surface area (Å²) in [7, 11) is 1.64. The van der Waals surface area contributed by atoms with Crippen molar-refractivity contribution >= 4 is 45.9 Å². The molecule has 0 aliphatic rings. The van der Waals surface area contributed by atoms with Crippen LogP contribution in [0.5, 0.6) is 5.75 Å². The number of nitrogens with two attached hydrogens (primary N) is 1. The highest BCUT2D eigenvalue weighted by molar-refractivity contribution is 14.0. The third-order valence-corrected chi connectivity index (χ3v) is 2.96. The molecule has 108 valence electrons. The average molecular weight is 442 g/mol. The van der Waals surface area contributed by atoms with Gasteiger partial charge in [-0.3, -0.25) is 0 Å². The van der Waals surface area contributed by atoms with E-state index in [1.165, 1.54) is 0 Å². The number of aliphatic imine (C=N–C) groups is 1. The molecule has 1 aromatic carbocycles. The minimum absolute atomic E-state index is 0. The second-order valence-corrected chi connectivity index (χ2v) is 5.30. The van der Waals surface area contributed by atoms with Gasteiger partial charge in [0.25, 0.3) is 0 Å². The number of hydrogen-bond donors (Lipinski definition) is 2. The molecule has 1 rings (SSSR count). The molecule has 0 unspecified atom stereocenters. The summed E-state index contributed by atoms with van der Waals surface area (Å²) in [4.78, 5) is 4.28. The van der Waals surface area contributed by atoms with Gasteiger partial charge < -0.3 is 15.8 Å². The molecule has 0 heterocycles. The van der Waals surface area contributed by atoms with Gasteiger partial charge in [0.05, 0.1) is 18.1 Å². The number of nitrogens with zero attached hydrogens (tertiary/aromatic N) is 1. The van der Waals surface area contributed by atoms with E-state index in [1.54, 1.807) is 7.11 Å². The lowest BCUT2D eigenvalue weighted by atomic mass is 10.2. The summed E-state index contributed by atoms with van der Waals surface area (Å²) in [6.45, 7) is 5.64. The van der Waals surface area contributed by atoms with E-state index in [1.807, 2.05) is 18.2 Å². The maximum absolute atomic E-state index is 5.77. The standard InChI is InChI=1S/C13H20BrN3O.HI/c1-9(2)7-16-13(15)17-8-10-4-5-12(18-3)11(14)6-10;/h4-6,9H,7-8H2,1-3H3,(H3,15,16,17);1H. The van der Waals surface area contributed by atoms with Gasteiger partial charge in [-0.15, -0.1) is 24.0 Å². The van der Waals surface area contributed by atoms with E-state index in [2.05, 4.69) is 40.1 Å². The van der Waals surface area contributed by atoms with Gasteiger partial charge in [-0.2, -0.15) is 0 Å². The van der Waals surface area contributed by atoms with Gasteiger partial charge in [0, 0.05) is 6.54 Å². The number of hydrogen-bond acceptors (Lipinski definition) is 2. The Bertz CT molecular complexity index is 424. The van der Waals surface area contributed by atoms with Crippen LogP contribution in [0.3, 0.4) is 0 Å². The van der Waals surface area contributed by atoms with Crippen molar-refractivity contribution in [2.45, 2.75) is 20.4 Å². The molecule has 19 heavy (non-hydrogen) atoms. The number of ether oxygens (including phenoxy) is 1. The SMILES string of the molecule is COc1ccc(CN=C(N)NCC(C)C)cc1Br.I. The molecule has 0 atom stereocenters. The van der Waals surface area contributed by atoms with Crippen LogP contribution in [0.25, 0.3) is 0 Å². The minimum atomic E-state index is 0. The maximum atomic E-state index is 5.77. The predicted molar refractivity (Wildman–Crippen MR) is 94.3 cm³/mol. The van der Waals surface area contributed by atoms with E-state index in [0.717, 1.165) is 22.3 Å². The molecule has 0 radical (unpaired) electrons. The molecule has 0 aromatic heterocycles.